The first-order chi connectivity index (χ1) is 8.68. The number of nitrogens with one attached hydrogen (secondary N) is 1. The summed E-state index contributed by atoms with van der Waals surface area (Å²) >= 11 is 0. The van der Waals surface area contributed by atoms with Crippen LogP contribution in [0.25, 0.3) is 0 Å². The van der Waals surface area contributed by atoms with Crippen molar-refractivity contribution in [2.45, 2.75) is 51.4 Å². The van der Waals surface area contributed by atoms with Crippen molar-refractivity contribution < 1.29 is 14.7 Å². The molecule has 2 N–H and O–H groups in total. The summed E-state index contributed by atoms with van der Waals surface area (Å²) in [6.45, 7) is 0.715. The van der Waals surface area contributed by atoms with Crippen molar-refractivity contribution in [1.82, 2.24) is 5.32 Å². The smallest absolute Gasteiger partial charge is 0.307 e. The van der Waals surface area contributed by atoms with E-state index in [2.05, 4.69) is 5.32 Å². The topological polar surface area (TPSA) is 66.4 Å². The van der Waals surface area contributed by atoms with Crippen LogP contribution in [0.5, 0.6) is 0 Å². The fraction of sp³-hybridized carbons (Fsp3) is 0.857. The fourth-order valence-corrected chi connectivity index (χ4v) is 3.12. The van der Waals surface area contributed by atoms with Gasteiger partial charge < -0.3 is 10.4 Å². The van der Waals surface area contributed by atoms with Crippen LogP contribution in [0, 0.1) is 17.8 Å². The van der Waals surface area contributed by atoms with Gasteiger partial charge in [0.05, 0.1) is 11.8 Å². The zero-order chi connectivity index (χ0) is 13.0. The van der Waals surface area contributed by atoms with Crippen molar-refractivity contribution in [3.63, 3.8) is 0 Å². The number of aliphatic carboxylic acids is 1. The number of carboxylic acids is 1. The van der Waals surface area contributed by atoms with Gasteiger partial charge in [-0.2, -0.15) is 0 Å². The predicted molar refractivity (Wildman–Crippen MR) is 68.1 cm³/mol. The molecule has 0 aromatic heterocycles. The van der Waals surface area contributed by atoms with E-state index in [-0.39, 0.29) is 11.8 Å². The molecule has 0 spiro atoms. The minimum Gasteiger partial charge on any atom is -0.481 e. The number of carboxylic acid groups (broad SMARTS) is 1. The molecule has 2 unspecified atom stereocenters. The van der Waals surface area contributed by atoms with Crippen LogP contribution in [-0.4, -0.2) is 23.5 Å². The number of hydrogen-bond donors (Lipinski definition) is 2. The van der Waals surface area contributed by atoms with Gasteiger partial charge in [0.2, 0.25) is 5.91 Å². The van der Waals surface area contributed by atoms with E-state index in [9.17, 15) is 9.59 Å². The van der Waals surface area contributed by atoms with Gasteiger partial charge in [0, 0.05) is 6.54 Å². The molecule has 1 amide bonds. The number of amides is 1. The standard InChI is InChI=1S/C14H23NO3/c16-13(11-6-7-12(11)14(17)18)15-9-8-10-4-2-1-3-5-10/h10-12H,1-9H2,(H,15,16)(H,17,18). The second kappa shape index (κ2) is 6.21. The molecule has 4 nitrogen and oxygen atoms in total. The number of rotatable bonds is 5. The Hall–Kier alpha value is -1.06. The average Bonchev–Trinajstić information content (AvgIpc) is 2.28. The Morgan fingerprint density at radius 1 is 1.00 bits per heavy atom. The molecular formula is C14H23NO3. The maximum atomic E-state index is 11.8. The second-order valence-corrected chi connectivity index (χ2v) is 5.71. The Labute approximate surface area is 108 Å². The summed E-state index contributed by atoms with van der Waals surface area (Å²) in [6, 6.07) is 0. The zero-order valence-corrected chi connectivity index (χ0v) is 10.9. The van der Waals surface area contributed by atoms with E-state index in [1.165, 1.54) is 32.1 Å². The maximum absolute atomic E-state index is 11.8. The molecule has 2 rings (SSSR count). The van der Waals surface area contributed by atoms with Crippen molar-refractivity contribution in [3.05, 3.63) is 0 Å². The number of carbonyl (C=O) groups excluding carboxylic acids is 1. The molecule has 2 aliphatic carbocycles. The van der Waals surface area contributed by atoms with Crippen LogP contribution in [0.2, 0.25) is 0 Å². The summed E-state index contributed by atoms with van der Waals surface area (Å²) in [5.41, 5.74) is 0. The van der Waals surface area contributed by atoms with Crippen molar-refractivity contribution in [1.29, 1.82) is 0 Å². The van der Waals surface area contributed by atoms with Crippen LogP contribution in [0.15, 0.2) is 0 Å². The van der Waals surface area contributed by atoms with Gasteiger partial charge in [-0.15, -0.1) is 0 Å². The molecule has 0 bridgehead atoms. The maximum Gasteiger partial charge on any atom is 0.307 e. The molecule has 18 heavy (non-hydrogen) atoms. The van der Waals surface area contributed by atoms with E-state index in [4.69, 9.17) is 5.11 Å². The molecule has 0 aromatic rings. The Kier molecular flexibility index (Phi) is 4.61. The van der Waals surface area contributed by atoms with Crippen molar-refractivity contribution in [3.8, 4) is 0 Å². The van der Waals surface area contributed by atoms with Crippen molar-refractivity contribution in [2.24, 2.45) is 17.8 Å². The van der Waals surface area contributed by atoms with Gasteiger partial charge in [-0.3, -0.25) is 9.59 Å². The molecule has 4 heteroatoms. The van der Waals surface area contributed by atoms with E-state index < -0.39 is 11.9 Å². The highest BCUT2D eigenvalue weighted by molar-refractivity contribution is 5.86. The van der Waals surface area contributed by atoms with Crippen molar-refractivity contribution in [2.75, 3.05) is 6.54 Å². The fourth-order valence-electron chi connectivity index (χ4n) is 3.12. The Bertz CT molecular complexity index is 310. The lowest BCUT2D eigenvalue weighted by atomic mass is 9.73. The van der Waals surface area contributed by atoms with Crippen LogP contribution >= 0.6 is 0 Å². The molecule has 0 saturated heterocycles. The van der Waals surface area contributed by atoms with Crippen LogP contribution < -0.4 is 5.32 Å². The predicted octanol–water partition coefficient (Wildman–Crippen LogP) is 2.18. The van der Waals surface area contributed by atoms with E-state index in [1.54, 1.807) is 0 Å². The summed E-state index contributed by atoms with van der Waals surface area (Å²) in [5.74, 6) is -0.845. The second-order valence-electron chi connectivity index (χ2n) is 5.71. The number of hydrogen-bond acceptors (Lipinski definition) is 2. The third-order valence-corrected chi connectivity index (χ3v) is 4.50. The lowest BCUT2D eigenvalue weighted by Crippen LogP contribution is -2.44. The highest BCUT2D eigenvalue weighted by Crippen LogP contribution is 2.34. The first-order valence-electron chi connectivity index (χ1n) is 7.19. The Morgan fingerprint density at radius 3 is 2.22 bits per heavy atom. The normalized spacial score (nSPS) is 28.4. The van der Waals surface area contributed by atoms with Gasteiger partial charge in [-0.05, 0) is 25.2 Å². The highest BCUT2D eigenvalue weighted by Gasteiger charge is 2.41. The third-order valence-electron chi connectivity index (χ3n) is 4.50. The van der Waals surface area contributed by atoms with Crippen LogP contribution in [0.3, 0.4) is 0 Å². The zero-order valence-electron chi connectivity index (χ0n) is 10.9. The molecule has 2 fully saturated rings. The molecule has 0 aromatic carbocycles. The van der Waals surface area contributed by atoms with Gasteiger partial charge in [-0.1, -0.05) is 32.1 Å². The molecule has 0 radical (unpaired) electrons. The summed E-state index contributed by atoms with van der Waals surface area (Å²) in [6.07, 6.45) is 9.00. The molecular weight excluding hydrogens is 230 g/mol. The van der Waals surface area contributed by atoms with E-state index in [0.717, 1.165) is 18.8 Å². The molecule has 2 saturated carbocycles. The van der Waals surface area contributed by atoms with Crippen LogP contribution in [0.4, 0.5) is 0 Å². The first-order valence-corrected chi connectivity index (χ1v) is 7.19. The van der Waals surface area contributed by atoms with Gasteiger partial charge in [0.1, 0.15) is 0 Å². The first kappa shape index (κ1) is 13.4. The average molecular weight is 253 g/mol. The van der Waals surface area contributed by atoms with Gasteiger partial charge in [-0.25, -0.2) is 0 Å². The van der Waals surface area contributed by atoms with E-state index in [1.807, 2.05) is 0 Å². The minimum atomic E-state index is -0.825. The Morgan fingerprint density at radius 2 is 1.67 bits per heavy atom. The van der Waals surface area contributed by atoms with Crippen LogP contribution in [-0.2, 0) is 9.59 Å². The van der Waals surface area contributed by atoms with E-state index >= 15 is 0 Å². The van der Waals surface area contributed by atoms with Gasteiger partial charge in [0.25, 0.3) is 0 Å². The third kappa shape index (κ3) is 3.24. The van der Waals surface area contributed by atoms with Gasteiger partial charge >= 0.3 is 5.97 Å². The summed E-state index contributed by atoms with van der Waals surface area (Å²) in [7, 11) is 0. The summed E-state index contributed by atoms with van der Waals surface area (Å²) in [4.78, 5) is 22.6. The molecule has 102 valence electrons. The highest BCUT2D eigenvalue weighted by atomic mass is 16.4. The quantitative estimate of drug-likeness (QED) is 0.789. The Balaban J connectivity index is 1.64. The summed E-state index contributed by atoms with van der Waals surface area (Å²) in [5, 5.41) is 11.8. The lowest BCUT2D eigenvalue weighted by molar-refractivity contribution is -0.152. The minimum absolute atomic E-state index is 0.0514. The molecule has 2 atom stereocenters. The van der Waals surface area contributed by atoms with E-state index in [0.29, 0.717) is 13.0 Å². The largest absolute Gasteiger partial charge is 0.481 e. The van der Waals surface area contributed by atoms with Gasteiger partial charge in [0.15, 0.2) is 0 Å². The molecule has 0 heterocycles. The lowest BCUT2D eigenvalue weighted by Gasteiger charge is -2.32. The van der Waals surface area contributed by atoms with Crippen molar-refractivity contribution >= 4 is 11.9 Å². The van der Waals surface area contributed by atoms with Crippen LogP contribution in [0.1, 0.15) is 51.4 Å². The monoisotopic (exact) mass is 253 g/mol. The number of carbonyl (C=O) groups is 2. The SMILES string of the molecule is O=C(O)C1CCC1C(=O)NCCC1CCCCC1. The molecule has 0 aliphatic heterocycles. The summed E-state index contributed by atoms with van der Waals surface area (Å²) < 4.78 is 0. The molecule has 2 aliphatic rings.